The number of rotatable bonds is 8. The molecular formula is C17H26BrClIN3O2. The quantitative estimate of drug-likeness (QED) is 0.224. The standard InChI is InChI=1S/C17H25BrClN3O2.HI/c1-20-17(22-11-13-5-6-14(18)10-16(13)19)21-7-3-8-23-12-15-4-2-9-24-15;/h5-6,10,15H,2-4,7-9,11-12H2,1H3,(H2,20,21,22);1H. The van der Waals surface area contributed by atoms with Crippen LogP contribution in [0.1, 0.15) is 24.8 Å². The van der Waals surface area contributed by atoms with Gasteiger partial charge in [-0.1, -0.05) is 33.6 Å². The Morgan fingerprint density at radius 2 is 2.28 bits per heavy atom. The van der Waals surface area contributed by atoms with Crippen LogP contribution in [-0.2, 0) is 16.0 Å². The summed E-state index contributed by atoms with van der Waals surface area (Å²) in [6, 6.07) is 5.86. The normalized spacial score (nSPS) is 17.2. The molecule has 142 valence electrons. The molecule has 5 nitrogen and oxygen atoms in total. The number of hydrogen-bond acceptors (Lipinski definition) is 3. The average Bonchev–Trinajstić information content (AvgIpc) is 3.08. The first-order valence-corrected chi connectivity index (χ1v) is 9.44. The summed E-state index contributed by atoms with van der Waals surface area (Å²) in [6.07, 6.45) is 3.49. The van der Waals surface area contributed by atoms with Crippen LogP contribution >= 0.6 is 51.5 Å². The number of halogens is 3. The van der Waals surface area contributed by atoms with E-state index in [0.29, 0.717) is 19.3 Å². The SMILES string of the molecule is CN=C(NCCCOCC1CCCO1)NCc1ccc(Br)cc1Cl.I. The fourth-order valence-electron chi connectivity index (χ4n) is 2.44. The molecule has 2 rings (SSSR count). The molecule has 0 aromatic heterocycles. The Bertz CT molecular complexity index is 543. The Morgan fingerprint density at radius 1 is 1.44 bits per heavy atom. The summed E-state index contributed by atoms with van der Waals surface area (Å²) in [6.45, 7) is 3.73. The van der Waals surface area contributed by atoms with Crippen molar-refractivity contribution < 1.29 is 9.47 Å². The molecule has 1 aliphatic rings. The van der Waals surface area contributed by atoms with Gasteiger partial charge < -0.3 is 20.1 Å². The lowest BCUT2D eigenvalue weighted by Crippen LogP contribution is -2.37. The Morgan fingerprint density at radius 3 is 2.96 bits per heavy atom. The van der Waals surface area contributed by atoms with Crippen molar-refractivity contribution in [3.05, 3.63) is 33.3 Å². The van der Waals surface area contributed by atoms with E-state index in [4.69, 9.17) is 21.1 Å². The monoisotopic (exact) mass is 545 g/mol. The molecule has 0 radical (unpaired) electrons. The Labute approximate surface area is 180 Å². The Hall–Kier alpha value is -0.0900. The first kappa shape index (κ1) is 23.0. The maximum Gasteiger partial charge on any atom is 0.191 e. The second-order valence-electron chi connectivity index (χ2n) is 5.65. The number of nitrogens with one attached hydrogen (secondary N) is 2. The van der Waals surface area contributed by atoms with Gasteiger partial charge in [-0.05, 0) is 37.0 Å². The molecule has 0 amide bonds. The Kier molecular flexibility index (Phi) is 12.1. The van der Waals surface area contributed by atoms with Crippen LogP contribution in [0.4, 0.5) is 0 Å². The first-order valence-electron chi connectivity index (χ1n) is 8.27. The van der Waals surface area contributed by atoms with Gasteiger partial charge in [0.1, 0.15) is 0 Å². The lowest BCUT2D eigenvalue weighted by Gasteiger charge is -2.13. The van der Waals surface area contributed by atoms with Crippen LogP contribution in [0.5, 0.6) is 0 Å². The molecule has 1 saturated heterocycles. The molecule has 1 fully saturated rings. The molecule has 8 heteroatoms. The fraction of sp³-hybridized carbons (Fsp3) is 0.588. The third kappa shape index (κ3) is 8.90. The highest BCUT2D eigenvalue weighted by Crippen LogP contribution is 2.21. The number of guanidine groups is 1. The summed E-state index contributed by atoms with van der Waals surface area (Å²) in [5.74, 6) is 0.758. The van der Waals surface area contributed by atoms with E-state index in [2.05, 4.69) is 31.6 Å². The predicted molar refractivity (Wildman–Crippen MR) is 117 cm³/mol. The van der Waals surface area contributed by atoms with Gasteiger partial charge in [-0.15, -0.1) is 24.0 Å². The second kappa shape index (κ2) is 13.1. The minimum Gasteiger partial charge on any atom is -0.379 e. The molecule has 1 unspecified atom stereocenters. The highest BCUT2D eigenvalue weighted by molar-refractivity contribution is 14.0. The molecule has 0 spiro atoms. The maximum absolute atomic E-state index is 6.21. The van der Waals surface area contributed by atoms with Crippen molar-refractivity contribution in [1.82, 2.24) is 10.6 Å². The summed E-state index contributed by atoms with van der Waals surface area (Å²) in [4.78, 5) is 4.21. The largest absolute Gasteiger partial charge is 0.379 e. The van der Waals surface area contributed by atoms with Crippen LogP contribution in [0, 0.1) is 0 Å². The number of hydrogen-bond donors (Lipinski definition) is 2. The third-order valence-corrected chi connectivity index (χ3v) is 4.62. The Balaban J connectivity index is 0.00000312. The summed E-state index contributed by atoms with van der Waals surface area (Å²) < 4.78 is 12.1. The zero-order valence-corrected chi connectivity index (χ0v) is 19.1. The lowest BCUT2D eigenvalue weighted by molar-refractivity contribution is 0.0168. The molecule has 0 bridgehead atoms. The molecule has 2 N–H and O–H groups in total. The highest BCUT2D eigenvalue weighted by Gasteiger charge is 2.14. The van der Waals surface area contributed by atoms with Gasteiger partial charge >= 0.3 is 0 Å². The van der Waals surface area contributed by atoms with Crippen LogP contribution in [0.15, 0.2) is 27.7 Å². The average molecular weight is 547 g/mol. The van der Waals surface area contributed by atoms with Crippen molar-refractivity contribution in [3.8, 4) is 0 Å². The second-order valence-corrected chi connectivity index (χ2v) is 6.97. The van der Waals surface area contributed by atoms with Crippen molar-refractivity contribution in [2.24, 2.45) is 4.99 Å². The van der Waals surface area contributed by atoms with Gasteiger partial charge in [-0.3, -0.25) is 4.99 Å². The molecule has 25 heavy (non-hydrogen) atoms. The van der Waals surface area contributed by atoms with Gasteiger partial charge in [0.25, 0.3) is 0 Å². The van der Waals surface area contributed by atoms with Crippen LogP contribution in [0.25, 0.3) is 0 Å². The van der Waals surface area contributed by atoms with Crippen LogP contribution in [0.2, 0.25) is 5.02 Å². The molecule has 0 saturated carbocycles. The van der Waals surface area contributed by atoms with E-state index in [1.807, 2.05) is 18.2 Å². The first-order chi connectivity index (χ1) is 11.7. The fourth-order valence-corrected chi connectivity index (χ4v) is 3.18. The van der Waals surface area contributed by atoms with E-state index in [1.54, 1.807) is 7.05 Å². The molecule has 1 aliphatic heterocycles. The summed E-state index contributed by atoms with van der Waals surface area (Å²) >= 11 is 9.62. The van der Waals surface area contributed by atoms with Crippen LogP contribution < -0.4 is 10.6 Å². The van der Waals surface area contributed by atoms with Crippen molar-refractivity contribution in [3.63, 3.8) is 0 Å². The summed E-state index contributed by atoms with van der Waals surface area (Å²) in [5.41, 5.74) is 1.03. The predicted octanol–water partition coefficient (Wildman–Crippen LogP) is 3.97. The maximum atomic E-state index is 6.21. The molecule has 1 atom stereocenters. The van der Waals surface area contributed by atoms with E-state index in [-0.39, 0.29) is 24.0 Å². The molecule has 1 heterocycles. The van der Waals surface area contributed by atoms with Crippen LogP contribution in [-0.4, -0.2) is 45.5 Å². The van der Waals surface area contributed by atoms with Gasteiger partial charge in [-0.25, -0.2) is 0 Å². The minimum atomic E-state index is 0. The van der Waals surface area contributed by atoms with Crippen molar-refractivity contribution >= 4 is 57.5 Å². The molecule has 0 aliphatic carbocycles. The van der Waals surface area contributed by atoms with Gasteiger partial charge in [-0.2, -0.15) is 0 Å². The molecular weight excluding hydrogens is 520 g/mol. The number of ether oxygens (including phenoxy) is 2. The van der Waals surface area contributed by atoms with Gasteiger partial charge in [0.05, 0.1) is 12.7 Å². The zero-order chi connectivity index (χ0) is 17.2. The smallest absolute Gasteiger partial charge is 0.191 e. The van der Waals surface area contributed by atoms with Crippen molar-refractivity contribution in [2.75, 3.05) is 33.4 Å². The zero-order valence-electron chi connectivity index (χ0n) is 14.4. The van der Waals surface area contributed by atoms with E-state index in [0.717, 1.165) is 60.0 Å². The van der Waals surface area contributed by atoms with E-state index in [1.165, 1.54) is 0 Å². The van der Waals surface area contributed by atoms with Gasteiger partial charge in [0.2, 0.25) is 0 Å². The molecule has 1 aromatic rings. The number of nitrogens with zero attached hydrogens (tertiary/aromatic N) is 1. The lowest BCUT2D eigenvalue weighted by atomic mass is 10.2. The van der Waals surface area contributed by atoms with Gasteiger partial charge in [0.15, 0.2) is 5.96 Å². The highest BCUT2D eigenvalue weighted by atomic mass is 127. The third-order valence-electron chi connectivity index (χ3n) is 3.77. The number of aliphatic imine (C=N–C) groups is 1. The van der Waals surface area contributed by atoms with E-state index < -0.39 is 0 Å². The van der Waals surface area contributed by atoms with Gasteiger partial charge in [0, 0.05) is 42.8 Å². The van der Waals surface area contributed by atoms with E-state index in [9.17, 15) is 0 Å². The minimum absolute atomic E-state index is 0. The van der Waals surface area contributed by atoms with E-state index >= 15 is 0 Å². The van der Waals surface area contributed by atoms with Crippen LogP contribution in [0.3, 0.4) is 0 Å². The summed E-state index contributed by atoms with van der Waals surface area (Å²) in [7, 11) is 1.76. The van der Waals surface area contributed by atoms with Crippen molar-refractivity contribution in [2.45, 2.75) is 31.9 Å². The number of benzene rings is 1. The van der Waals surface area contributed by atoms with Crippen molar-refractivity contribution in [1.29, 1.82) is 0 Å². The summed E-state index contributed by atoms with van der Waals surface area (Å²) in [5, 5.41) is 7.27. The molecule has 1 aromatic carbocycles. The topological polar surface area (TPSA) is 54.9 Å².